The number of carbonyl (C=O) groups is 3. The molecule has 1 fully saturated rings. The maximum atomic E-state index is 12.5. The zero-order chi connectivity index (χ0) is 23.2. The van der Waals surface area contributed by atoms with Gasteiger partial charge < -0.3 is 15.2 Å². The van der Waals surface area contributed by atoms with Crippen molar-refractivity contribution in [2.24, 2.45) is 7.05 Å². The largest absolute Gasteiger partial charge is 0.480 e. The summed E-state index contributed by atoms with van der Waals surface area (Å²) in [6.07, 6.45) is 0.0911. The van der Waals surface area contributed by atoms with Crippen LogP contribution in [0.4, 0.5) is 10.6 Å². The smallest absolute Gasteiger partial charge is 0.412 e. The third-order valence-corrected chi connectivity index (χ3v) is 6.20. The highest BCUT2D eigenvalue weighted by atomic mass is 16.5. The number of aliphatic carboxylic acids is 1. The number of rotatable bonds is 6. The molecule has 1 saturated carbocycles. The molecule has 9 nitrogen and oxygen atoms in total. The summed E-state index contributed by atoms with van der Waals surface area (Å²) in [5, 5.41) is 18.4. The van der Waals surface area contributed by atoms with E-state index < -0.39 is 23.5 Å². The highest BCUT2D eigenvalue weighted by molar-refractivity contribution is 5.98. The quantitative estimate of drug-likeness (QED) is 0.535. The van der Waals surface area contributed by atoms with Crippen LogP contribution in [0.15, 0.2) is 54.6 Å². The van der Waals surface area contributed by atoms with Crippen molar-refractivity contribution in [3.05, 3.63) is 71.4 Å². The van der Waals surface area contributed by atoms with Crippen LogP contribution in [0.2, 0.25) is 0 Å². The van der Waals surface area contributed by atoms with Crippen LogP contribution >= 0.6 is 0 Å². The van der Waals surface area contributed by atoms with E-state index in [1.807, 2.05) is 36.4 Å². The Bertz CT molecular complexity index is 1230. The van der Waals surface area contributed by atoms with Gasteiger partial charge in [-0.05, 0) is 35.1 Å². The predicted molar refractivity (Wildman–Crippen MR) is 119 cm³/mol. The van der Waals surface area contributed by atoms with Gasteiger partial charge in [0.05, 0.1) is 0 Å². The first-order valence-electron chi connectivity index (χ1n) is 10.6. The van der Waals surface area contributed by atoms with Gasteiger partial charge in [0.1, 0.15) is 18.0 Å². The molecule has 2 aliphatic rings. The lowest BCUT2D eigenvalue weighted by Crippen LogP contribution is -2.43. The van der Waals surface area contributed by atoms with E-state index in [0.29, 0.717) is 12.8 Å². The van der Waals surface area contributed by atoms with E-state index in [1.54, 1.807) is 7.05 Å². The minimum absolute atomic E-state index is 0.0129. The fourth-order valence-corrected chi connectivity index (χ4v) is 4.23. The Kier molecular flexibility index (Phi) is 4.88. The van der Waals surface area contributed by atoms with Crippen LogP contribution in [0, 0.1) is 0 Å². The number of hydrogen-bond acceptors (Lipinski definition) is 5. The lowest BCUT2D eigenvalue weighted by molar-refractivity contribution is -0.140. The molecule has 2 aliphatic carbocycles. The number of amides is 2. The van der Waals surface area contributed by atoms with Gasteiger partial charge in [-0.25, -0.2) is 9.59 Å². The van der Waals surface area contributed by atoms with Gasteiger partial charge in [0, 0.05) is 19.0 Å². The lowest BCUT2D eigenvalue weighted by Gasteiger charge is -2.14. The number of benzene rings is 2. The molecule has 168 valence electrons. The van der Waals surface area contributed by atoms with Crippen LogP contribution in [-0.2, 0) is 16.6 Å². The molecule has 0 unspecified atom stereocenters. The molecule has 2 amide bonds. The molecule has 0 aliphatic heterocycles. The van der Waals surface area contributed by atoms with Gasteiger partial charge >= 0.3 is 12.1 Å². The predicted octanol–water partition coefficient (Wildman–Crippen LogP) is 3.13. The molecular weight excluding hydrogens is 424 g/mol. The number of carboxylic acids is 1. The van der Waals surface area contributed by atoms with Crippen molar-refractivity contribution in [2.75, 3.05) is 11.9 Å². The van der Waals surface area contributed by atoms with Gasteiger partial charge in [-0.15, -0.1) is 0 Å². The van der Waals surface area contributed by atoms with Crippen molar-refractivity contribution in [2.45, 2.75) is 24.3 Å². The van der Waals surface area contributed by atoms with Gasteiger partial charge in [0.25, 0.3) is 5.91 Å². The van der Waals surface area contributed by atoms with Crippen LogP contribution in [-0.4, -0.2) is 45.0 Å². The van der Waals surface area contributed by atoms with Crippen LogP contribution in [0.5, 0.6) is 0 Å². The molecule has 0 saturated heterocycles. The minimum atomic E-state index is -1.21. The molecule has 0 spiro atoms. The number of carbonyl (C=O) groups excluding carboxylic acids is 2. The van der Waals surface area contributed by atoms with Gasteiger partial charge in [0.2, 0.25) is 0 Å². The third-order valence-electron chi connectivity index (χ3n) is 6.20. The number of aryl methyl sites for hydroxylation is 1. The first kappa shape index (κ1) is 20.7. The van der Waals surface area contributed by atoms with E-state index in [0.717, 1.165) is 22.3 Å². The second-order valence-corrected chi connectivity index (χ2v) is 8.33. The zero-order valence-electron chi connectivity index (χ0n) is 17.9. The molecule has 0 radical (unpaired) electrons. The van der Waals surface area contributed by atoms with E-state index in [2.05, 4.69) is 27.9 Å². The Morgan fingerprint density at radius 1 is 1.09 bits per heavy atom. The molecule has 2 aromatic carbocycles. The second-order valence-electron chi connectivity index (χ2n) is 8.33. The minimum Gasteiger partial charge on any atom is -0.480 e. The summed E-state index contributed by atoms with van der Waals surface area (Å²) in [5.74, 6) is -1.48. The molecule has 1 heterocycles. The normalized spacial score (nSPS) is 15.3. The molecule has 0 bridgehead atoms. The lowest BCUT2D eigenvalue weighted by atomic mass is 9.98. The summed E-state index contributed by atoms with van der Waals surface area (Å²) in [6, 6.07) is 17.5. The van der Waals surface area contributed by atoms with Crippen molar-refractivity contribution < 1.29 is 24.2 Å². The van der Waals surface area contributed by atoms with E-state index >= 15 is 0 Å². The fraction of sp³-hybridized carbons (Fsp3) is 0.250. The summed E-state index contributed by atoms with van der Waals surface area (Å²) < 4.78 is 6.85. The molecule has 3 N–H and O–H groups in total. The second kappa shape index (κ2) is 7.77. The summed E-state index contributed by atoms with van der Waals surface area (Å²) in [7, 11) is 1.57. The SMILES string of the molecule is Cn1nc(C(=O)NC2(C(=O)O)CC2)cc1NC(=O)OCC1c2ccccc2-c2ccccc21. The number of ether oxygens (including phenoxy) is 1. The van der Waals surface area contributed by atoms with Crippen molar-refractivity contribution >= 4 is 23.8 Å². The topological polar surface area (TPSA) is 123 Å². The maximum absolute atomic E-state index is 12.5. The summed E-state index contributed by atoms with van der Waals surface area (Å²) in [6.45, 7) is 0.159. The number of anilines is 1. The molecule has 9 heteroatoms. The Morgan fingerprint density at radius 3 is 2.27 bits per heavy atom. The van der Waals surface area contributed by atoms with E-state index in [9.17, 15) is 19.5 Å². The Morgan fingerprint density at radius 2 is 1.70 bits per heavy atom. The number of carboxylic acid groups (broad SMARTS) is 1. The van der Waals surface area contributed by atoms with Crippen LogP contribution < -0.4 is 10.6 Å². The summed E-state index contributed by atoms with van der Waals surface area (Å²) >= 11 is 0. The highest BCUT2D eigenvalue weighted by Crippen LogP contribution is 2.44. The molecular formula is C24H22N4O5. The maximum Gasteiger partial charge on any atom is 0.412 e. The monoisotopic (exact) mass is 446 g/mol. The standard InChI is InChI=1S/C24H22N4O5/c1-28-20(12-19(27-28)21(29)26-24(10-11-24)22(30)31)25-23(32)33-13-18-16-8-4-2-6-14(16)15-7-3-5-9-17(15)18/h2-9,12,18H,10-11,13H2,1H3,(H,25,32)(H,26,29)(H,30,31). The van der Waals surface area contributed by atoms with Crippen LogP contribution in [0.25, 0.3) is 11.1 Å². The summed E-state index contributed by atoms with van der Waals surface area (Å²) in [5.41, 5.74) is 3.30. The molecule has 0 atom stereocenters. The third kappa shape index (κ3) is 3.71. The van der Waals surface area contributed by atoms with Crippen molar-refractivity contribution in [1.29, 1.82) is 0 Å². The van der Waals surface area contributed by atoms with Gasteiger partial charge in [-0.2, -0.15) is 5.10 Å². The first-order valence-corrected chi connectivity index (χ1v) is 10.6. The molecule has 1 aromatic heterocycles. The fourth-order valence-electron chi connectivity index (χ4n) is 4.23. The average molecular weight is 446 g/mol. The van der Waals surface area contributed by atoms with Gasteiger partial charge in [0.15, 0.2) is 5.69 Å². The Balaban J connectivity index is 1.24. The molecule has 5 rings (SSSR count). The van der Waals surface area contributed by atoms with Crippen molar-refractivity contribution in [1.82, 2.24) is 15.1 Å². The number of nitrogens with zero attached hydrogens (tertiary/aromatic N) is 2. The highest BCUT2D eigenvalue weighted by Gasteiger charge is 2.52. The van der Waals surface area contributed by atoms with Gasteiger partial charge in [-0.3, -0.25) is 14.8 Å². The van der Waals surface area contributed by atoms with E-state index in [4.69, 9.17) is 4.74 Å². The van der Waals surface area contributed by atoms with Crippen LogP contribution in [0.1, 0.15) is 40.4 Å². The number of aromatic nitrogens is 2. The Hall–Kier alpha value is -4.14. The zero-order valence-corrected chi connectivity index (χ0v) is 17.9. The van der Waals surface area contributed by atoms with Crippen molar-refractivity contribution in [3.63, 3.8) is 0 Å². The molecule has 3 aromatic rings. The Labute approximate surface area is 189 Å². The molecule has 33 heavy (non-hydrogen) atoms. The number of fused-ring (bicyclic) bond motifs is 3. The number of hydrogen-bond donors (Lipinski definition) is 3. The van der Waals surface area contributed by atoms with Crippen LogP contribution in [0.3, 0.4) is 0 Å². The first-order chi connectivity index (χ1) is 15.9. The van der Waals surface area contributed by atoms with Gasteiger partial charge in [-0.1, -0.05) is 48.5 Å². The van der Waals surface area contributed by atoms with Crippen molar-refractivity contribution in [3.8, 4) is 11.1 Å². The summed E-state index contributed by atoms with van der Waals surface area (Å²) in [4.78, 5) is 36.2. The number of nitrogens with one attached hydrogen (secondary N) is 2. The average Bonchev–Trinajstić information content (AvgIpc) is 3.40. The van der Waals surface area contributed by atoms with E-state index in [1.165, 1.54) is 10.7 Å². The van der Waals surface area contributed by atoms with E-state index in [-0.39, 0.29) is 24.0 Å².